The summed E-state index contributed by atoms with van der Waals surface area (Å²) in [7, 11) is 2.16. The molecule has 2 fully saturated rings. The number of hydrogen-bond donors (Lipinski definition) is 0. The number of likely N-dealkylation sites (tertiary alicyclic amines) is 1. The van der Waals surface area contributed by atoms with Gasteiger partial charge in [-0.15, -0.1) is 10.2 Å². The van der Waals surface area contributed by atoms with E-state index in [1.807, 2.05) is 6.20 Å². The number of piperidine rings is 1. The van der Waals surface area contributed by atoms with E-state index in [1.54, 1.807) is 0 Å². The van der Waals surface area contributed by atoms with Crippen molar-refractivity contribution < 1.29 is 0 Å². The maximum absolute atomic E-state index is 6.24. The molecule has 1 saturated heterocycles. The Morgan fingerprint density at radius 2 is 2.10 bits per heavy atom. The van der Waals surface area contributed by atoms with E-state index in [1.165, 1.54) is 25.8 Å². The number of hydrogen-bond acceptors (Lipinski definition) is 4. The molecule has 4 rings (SSSR count). The maximum atomic E-state index is 6.24. The van der Waals surface area contributed by atoms with Crippen molar-refractivity contribution in [1.82, 2.24) is 24.9 Å². The predicted octanol–water partition coefficient (Wildman–Crippen LogP) is 2.62. The number of nitrogens with zero attached hydrogens (tertiary/aromatic N) is 5. The van der Waals surface area contributed by atoms with Gasteiger partial charge in [-0.25, -0.2) is 4.68 Å². The van der Waals surface area contributed by atoms with Gasteiger partial charge in [0.15, 0.2) is 10.8 Å². The van der Waals surface area contributed by atoms with Crippen molar-refractivity contribution in [1.29, 1.82) is 0 Å². The summed E-state index contributed by atoms with van der Waals surface area (Å²) in [5.41, 5.74) is 2.06. The average Bonchev–Trinajstić information content (AvgIpc) is 3.17. The van der Waals surface area contributed by atoms with Crippen LogP contribution < -0.4 is 0 Å². The van der Waals surface area contributed by atoms with Crippen molar-refractivity contribution >= 4 is 22.6 Å². The molecule has 1 saturated carbocycles. The van der Waals surface area contributed by atoms with Gasteiger partial charge in [0, 0.05) is 17.5 Å². The molecule has 0 bridgehead atoms. The van der Waals surface area contributed by atoms with Crippen LogP contribution in [0.5, 0.6) is 0 Å². The molecular formula is C14H18ClN5. The summed E-state index contributed by atoms with van der Waals surface area (Å²) in [5.74, 6) is 0.562. The topological polar surface area (TPSA) is 46.8 Å². The Bertz CT molecular complexity index is 648. The third kappa shape index (κ3) is 2.00. The molecule has 0 amide bonds. The second-order valence-electron chi connectivity index (χ2n) is 6.06. The standard InChI is InChI=1S/C14H18ClN5/c1-19-6-2-3-10(8-19)20-14-11(7-16-20)12(9-4-5-9)13(15)17-18-14/h7,9-10H,2-6,8H2,1H3. The fourth-order valence-corrected chi connectivity index (χ4v) is 3.56. The summed E-state index contributed by atoms with van der Waals surface area (Å²) in [6, 6.07) is 0.397. The minimum atomic E-state index is 0.397. The fourth-order valence-electron chi connectivity index (χ4n) is 3.27. The van der Waals surface area contributed by atoms with Gasteiger partial charge >= 0.3 is 0 Å². The Kier molecular flexibility index (Phi) is 2.93. The first kappa shape index (κ1) is 12.5. The predicted molar refractivity (Wildman–Crippen MR) is 78.1 cm³/mol. The van der Waals surface area contributed by atoms with E-state index in [-0.39, 0.29) is 0 Å². The maximum Gasteiger partial charge on any atom is 0.181 e. The van der Waals surface area contributed by atoms with Gasteiger partial charge in [-0.3, -0.25) is 0 Å². The van der Waals surface area contributed by atoms with Crippen LogP contribution in [0.4, 0.5) is 0 Å². The van der Waals surface area contributed by atoms with Crippen molar-refractivity contribution in [2.24, 2.45) is 0 Å². The molecule has 0 spiro atoms. The zero-order valence-corrected chi connectivity index (χ0v) is 12.3. The molecule has 2 aromatic rings. The highest BCUT2D eigenvalue weighted by atomic mass is 35.5. The van der Waals surface area contributed by atoms with Gasteiger partial charge in [-0.2, -0.15) is 5.10 Å². The molecule has 0 radical (unpaired) electrons. The van der Waals surface area contributed by atoms with E-state index in [9.17, 15) is 0 Å². The summed E-state index contributed by atoms with van der Waals surface area (Å²) >= 11 is 6.24. The summed E-state index contributed by atoms with van der Waals surface area (Å²) in [6.07, 6.45) is 6.71. The minimum absolute atomic E-state index is 0.397. The molecule has 0 aromatic carbocycles. The molecule has 0 N–H and O–H groups in total. The van der Waals surface area contributed by atoms with Gasteiger partial charge < -0.3 is 4.90 Å². The van der Waals surface area contributed by atoms with Gasteiger partial charge in [0.1, 0.15) is 0 Å². The Labute approximate surface area is 122 Å². The van der Waals surface area contributed by atoms with Crippen LogP contribution in [0.2, 0.25) is 5.15 Å². The van der Waals surface area contributed by atoms with Crippen LogP contribution in [0, 0.1) is 0 Å². The second kappa shape index (κ2) is 4.67. The van der Waals surface area contributed by atoms with Gasteiger partial charge in [-0.05, 0) is 45.2 Å². The lowest BCUT2D eigenvalue weighted by atomic mass is 10.1. The molecule has 1 aliphatic heterocycles. The number of aromatic nitrogens is 4. The fraction of sp³-hybridized carbons (Fsp3) is 0.643. The lowest BCUT2D eigenvalue weighted by Crippen LogP contribution is -2.34. The minimum Gasteiger partial charge on any atom is -0.304 e. The first-order chi connectivity index (χ1) is 9.74. The largest absolute Gasteiger partial charge is 0.304 e. The van der Waals surface area contributed by atoms with Crippen LogP contribution in [0.15, 0.2) is 6.20 Å². The van der Waals surface area contributed by atoms with Crippen LogP contribution in [-0.4, -0.2) is 45.0 Å². The van der Waals surface area contributed by atoms with E-state index >= 15 is 0 Å². The third-order valence-electron chi connectivity index (χ3n) is 4.45. The van der Waals surface area contributed by atoms with Crippen LogP contribution >= 0.6 is 11.6 Å². The van der Waals surface area contributed by atoms with Gasteiger partial charge in [0.25, 0.3) is 0 Å². The lowest BCUT2D eigenvalue weighted by Gasteiger charge is -2.29. The highest BCUT2D eigenvalue weighted by Crippen LogP contribution is 2.45. The normalized spacial score (nSPS) is 24.4. The Morgan fingerprint density at radius 1 is 1.25 bits per heavy atom. The number of halogens is 1. The van der Waals surface area contributed by atoms with E-state index in [0.29, 0.717) is 17.1 Å². The van der Waals surface area contributed by atoms with Crippen LogP contribution in [0.25, 0.3) is 11.0 Å². The molecule has 5 nitrogen and oxygen atoms in total. The molecule has 1 unspecified atom stereocenters. The SMILES string of the molecule is CN1CCCC(n2ncc3c(C4CC4)c(Cl)nnc32)C1. The summed E-state index contributed by atoms with van der Waals surface area (Å²) in [5, 5.41) is 14.7. The third-order valence-corrected chi connectivity index (χ3v) is 4.72. The lowest BCUT2D eigenvalue weighted by molar-refractivity contribution is 0.205. The quantitative estimate of drug-likeness (QED) is 0.853. The number of rotatable bonds is 2. The molecule has 2 aromatic heterocycles. The zero-order chi connectivity index (χ0) is 13.7. The van der Waals surface area contributed by atoms with Crippen molar-refractivity contribution in [3.63, 3.8) is 0 Å². The smallest absolute Gasteiger partial charge is 0.181 e. The average molecular weight is 292 g/mol. The van der Waals surface area contributed by atoms with E-state index in [2.05, 4.69) is 31.9 Å². The van der Waals surface area contributed by atoms with Crippen molar-refractivity contribution in [2.45, 2.75) is 37.6 Å². The van der Waals surface area contributed by atoms with Crippen LogP contribution in [0.1, 0.15) is 43.2 Å². The van der Waals surface area contributed by atoms with Crippen LogP contribution in [0.3, 0.4) is 0 Å². The molecule has 2 aliphatic rings. The molecule has 1 atom stereocenters. The van der Waals surface area contributed by atoms with Gasteiger partial charge in [0.2, 0.25) is 0 Å². The van der Waals surface area contributed by atoms with Crippen molar-refractivity contribution in [2.75, 3.05) is 20.1 Å². The Hall–Kier alpha value is -1.20. The highest BCUT2D eigenvalue weighted by molar-refractivity contribution is 6.31. The van der Waals surface area contributed by atoms with Crippen molar-refractivity contribution in [3.8, 4) is 0 Å². The van der Waals surface area contributed by atoms with E-state index < -0.39 is 0 Å². The first-order valence-electron chi connectivity index (χ1n) is 7.32. The van der Waals surface area contributed by atoms with Gasteiger partial charge in [-0.1, -0.05) is 11.6 Å². The summed E-state index contributed by atoms with van der Waals surface area (Å²) in [4.78, 5) is 2.35. The summed E-state index contributed by atoms with van der Waals surface area (Å²) in [6.45, 7) is 2.19. The van der Waals surface area contributed by atoms with Crippen molar-refractivity contribution in [3.05, 3.63) is 16.9 Å². The first-order valence-corrected chi connectivity index (χ1v) is 7.69. The molecule has 6 heteroatoms. The molecule has 1 aliphatic carbocycles. The Morgan fingerprint density at radius 3 is 2.85 bits per heavy atom. The monoisotopic (exact) mass is 291 g/mol. The number of likely N-dealkylation sites (N-methyl/N-ethyl adjacent to an activating group) is 1. The second-order valence-corrected chi connectivity index (χ2v) is 6.42. The zero-order valence-electron chi connectivity index (χ0n) is 11.6. The Balaban J connectivity index is 1.79. The molecule has 20 heavy (non-hydrogen) atoms. The molecular weight excluding hydrogens is 274 g/mol. The highest BCUT2D eigenvalue weighted by Gasteiger charge is 2.31. The van der Waals surface area contributed by atoms with E-state index in [4.69, 9.17) is 11.6 Å². The number of fused-ring (bicyclic) bond motifs is 1. The molecule has 3 heterocycles. The summed E-state index contributed by atoms with van der Waals surface area (Å²) < 4.78 is 2.06. The van der Waals surface area contributed by atoms with E-state index in [0.717, 1.165) is 29.6 Å². The van der Waals surface area contributed by atoms with Gasteiger partial charge in [0.05, 0.1) is 12.2 Å². The molecule has 106 valence electrons. The van der Waals surface area contributed by atoms with Crippen LogP contribution in [-0.2, 0) is 0 Å².